The van der Waals surface area contributed by atoms with Crippen molar-refractivity contribution in [2.24, 2.45) is 0 Å². The Kier molecular flexibility index (Phi) is 14.9. The molecule has 0 saturated heterocycles. The van der Waals surface area contributed by atoms with Crippen LogP contribution in [0.4, 0.5) is 0 Å². The van der Waals surface area contributed by atoms with Crippen molar-refractivity contribution in [2.45, 2.75) is 51.4 Å². The molecule has 0 saturated carbocycles. The molecule has 8 aliphatic rings. The van der Waals surface area contributed by atoms with Crippen LogP contribution in [0.3, 0.4) is 0 Å². The molecule has 8 aliphatic carbocycles. The van der Waals surface area contributed by atoms with Gasteiger partial charge in [-0.2, -0.15) is 0 Å². The second-order valence-corrected chi connectivity index (χ2v) is 38.7. The van der Waals surface area contributed by atoms with Gasteiger partial charge in [0.05, 0.1) is 46.9 Å². The second-order valence-electron chi connectivity index (χ2n) is 38.7. The Morgan fingerprint density at radius 1 is 0.171 bits per heavy atom. The summed E-state index contributed by atoms with van der Waals surface area (Å²) in [6, 6.07) is 97.3. The molecule has 0 radical (unpaired) electrons. The Morgan fingerprint density at radius 2 is 0.457 bits per heavy atom. The summed E-state index contributed by atoms with van der Waals surface area (Å²) in [5, 5.41) is 14.6. The van der Waals surface area contributed by atoms with Gasteiger partial charge >= 0.3 is 0 Å². The van der Waals surface area contributed by atoms with Crippen LogP contribution in [0.15, 0.2) is 341 Å². The van der Waals surface area contributed by atoms with E-state index in [2.05, 4.69) is 256 Å². The summed E-state index contributed by atoms with van der Waals surface area (Å²) >= 11 is 0. The minimum atomic E-state index is 0.881. The van der Waals surface area contributed by atoms with Gasteiger partial charge in [-0.25, -0.2) is 39.9 Å². The third-order valence-electron chi connectivity index (χ3n) is 31.9. The summed E-state index contributed by atoms with van der Waals surface area (Å²) in [6.45, 7) is 0. The van der Waals surface area contributed by atoms with E-state index < -0.39 is 0 Å². The number of hydrogen-bond acceptors (Lipinski definition) is 12. The number of rotatable bonds is 0. The van der Waals surface area contributed by atoms with Gasteiger partial charge in [-0.3, -0.25) is 37.5 Å². The molecule has 0 aliphatic heterocycles. The van der Waals surface area contributed by atoms with Crippen molar-refractivity contribution < 1.29 is 0 Å². The fourth-order valence-corrected chi connectivity index (χ4v) is 26.1. The largest absolute Gasteiger partial charge is 0.274 e. The summed E-state index contributed by atoms with van der Waals surface area (Å²) in [4.78, 5) is 57.0. The first-order chi connectivity index (χ1) is 69.4. The molecule has 36 rings (SSSR count). The van der Waals surface area contributed by atoms with E-state index in [0.717, 1.165) is 141 Å². The first kappa shape index (κ1) is 75.1. The van der Waals surface area contributed by atoms with Gasteiger partial charge in [-0.05, 0) is 342 Å². The van der Waals surface area contributed by atoms with Crippen LogP contribution in [-0.2, 0) is 51.4 Å². The maximum Gasteiger partial charge on any atom is 0.165 e. The molecule has 0 atom stereocenters. The van der Waals surface area contributed by atoms with Crippen molar-refractivity contribution in [3.8, 4) is 89.0 Å². The number of imidazole rings is 4. The van der Waals surface area contributed by atoms with E-state index in [4.69, 9.17) is 39.9 Å². The van der Waals surface area contributed by atoms with Crippen LogP contribution in [0.25, 0.3) is 243 Å². The first-order valence-corrected chi connectivity index (χ1v) is 48.2. The highest BCUT2D eigenvalue weighted by Gasteiger charge is 2.37. The summed E-state index contributed by atoms with van der Waals surface area (Å²) in [6.07, 6.45) is 30.4. The summed E-state index contributed by atoms with van der Waals surface area (Å²) in [7, 11) is 0. The zero-order valence-corrected chi connectivity index (χ0v) is 75.1. The van der Waals surface area contributed by atoms with Crippen LogP contribution in [-0.4, -0.2) is 77.4 Å². The molecule has 0 amide bonds. The Bertz CT molecular complexity index is 10600. The highest BCUT2D eigenvalue weighted by Crippen LogP contribution is 2.56. The maximum atomic E-state index is 5.11. The molecule has 0 fully saturated rings. The molecule has 28 aromatic rings. The number of benzene rings is 12. The van der Waals surface area contributed by atoms with Crippen molar-refractivity contribution in [2.75, 3.05) is 0 Å². The van der Waals surface area contributed by atoms with Crippen molar-refractivity contribution in [3.05, 3.63) is 430 Å². The van der Waals surface area contributed by atoms with Crippen LogP contribution in [0, 0.1) is 0 Å². The fourth-order valence-electron chi connectivity index (χ4n) is 26.1. The van der Waals surface area contributed by atoms with Gasteiger partial charge in [-0.15, -0.1) is 0 Å². The predicted molar refractivity (Wildman–Crippen MR) is 559 cm³/mol. The number of hydrogen-bond donors (Lipinski definition) is 0. The van der Waals surface area contributed by atoms with Crippen LogP contribution in [0.2, 0.25) is 0 Å². The molecule has 12 aromatic carbocycles. The van der Waals surface area contributed by atoms with Crippen molar-refractivity contribution in [1.29, 1.82) is 0 Å². The highest BCUT2D eigenvalue weighted by atomic mass is 15.1. The van der Waals surface area contributed by atoms with Crippen molar-refractivity contribution in [1.82, 2.24) is 77.4 Å². The van der Waals surface area contributed by atoms with Crippen molar-refractivity contribution in [3.63, 3.8) is 0 Å². The normalized spacial score (nSPS) is 13.5. The molecule has 0 spiro atoms. The zero-order chi connectivity index (χ0) is 90.7. The second kappa shape index (κ2) is 27.7. The molecule has 16 nitrogen and oxygen atoms in total. The molecular formula is C124H72N16. The van der Waals surface area contributed by atoms with Gasteiger partial charge in [0.25, 0.3) is 0 Å². The van der Waals surface area contributed by atoms with Crippen LogP contribution in [0.5, 0.6) is 0 Å². The molecule has 16 heteroatoms. The standard InChI is InChI=1S/4C31H18N4/c1-2-5-19-17(4-1)14-24-20(19)8-7-18-15-25-23(28(18)24)10-9-22-21-11-13-32-16-27(21)35-30-26(6-3-12-33-30)34-31(35)29(22)25;1-2-5-18-17(4-1)14-24-19(18)7-8-20-21-9-10-23-22-11-13-32-16-28(22)35-30-27(6-3-12-33-30)34-31(35)29(23)26(21)15-25(20)24;1-2-5-20-17(4-1)12-18-13-25-19(14-24(18)20)15-26-21(25)7-8-23-22-9-11-32-16-28(22)35-30-27(6-3-10-33-30)34-31(35)29(23)26;1-2-5-20-17(4-1)12-18-13-19-14-26-21(25(19)15-24(18)20)7-8-23-22-9-11-32-16-28(22)35-30-27(6-3-10-33-30)34-31(35)29(23)26/h2*1-13,16H,14-15H2;1-11,13-14,16H,12,15H2;1-11,13,15-16H,12,14H2. The molecule has 0 unspecified atom stereocenters. The minimum absolute atomic E-state index is 0.881. The Balaban J connectivity index is 0.0000000829. The van der Waals surface area contributed by atoms with E-state index in [1.54, 1.807) is 0 Å². The summed E-state index contributed by atoms with van der Waals surface area (Å²) in [5.41, 5.74) is 60.0. The highest BCUT2D eigenvalue weighted by molar-refractivity contribution is 6.22. The number of nitrogens with zero attached hydrogens (tertiary/aromatic N) is 16. The Labute approximate surface area is 796 Å². The number of aromatic nitrogens is 16. The minimum Gasteiger partial charge on any atom is -0.274 e. The van der Waals surface area contributed by atoms with E-state index in [1.165, 1.54) is 243 Å². The monoisotopic (exact) mass is 1780 g/mol. The average molecular weight is 1790 g/mol. The van der Waals surface area contributed by atoms with Gasteiger partial charge in [-0.1, -0.05) is 176 Å². The average Bonchev–Trinajstić information content (AvgIpc) is 1.55. The Hall–Kier alpha value is -18.3. The predicted octanol–water partition coefficient (Wildman–Crippen LogP) is 26.9. The lowest BCUT2D eigenvalue weighted by molar-refractivity contribution is 1.17. The lowest BCUT2D eigenvalue weighted by Crippen LogP contribution is -1.96. The molecule has 16 aromatic heterocycles. The molecule has 0 bridgehead atoms. The lowest BCUT2D eigenvalue weighted by atomic mass is 9.94. The smallest absolute Gasteiger partial charge is 0.165 e. The van der Waals surface area contributed by atoms with E-state index in [0.29, 0.717) is 0 Å². The Morgan fingerprint density at radius 3 is 0.900 bits per heavy atom. The quantitative estimate of drug-likeness (QED) is 0.132. The van der Waals surface area contributed by atoms with E-state index in [1.807, 2.05) is 123 Å². The van der Waals surface area contributed by atoms with Gasteiger partial charge in [0.1, 0.15) is 44.7 Å². The molecule has 0 N–H and O–H groups in total. The summed E-state index contributed by atoms with van der Waals surface area (Å²) in [5.74, 6) is 0. The third kappa shape index (κ3) is 10.2. The molecule has 648 valence electrons. The van der Waals surface area contributed by atoms with Gasteiger partial charge < -0.3 is 0 Å². The number of pyridine rings is 12. The summed E-state index contributed by atoms with van der Waals surface area (Å²) < 4.78 is 8.78. The number of fused-ring (bicyclic) bond motifs is 62. The molecule has 16 heterocycles. The van der Waals surface area contributed by atoms with Crippen LogP contribution < -0.4 is 0 Å². The van der Waals surface area contributed by atoms with E-state index in [-0.39, 0.29) is 0 Å². The third-order valence-corrected chi connectivity index (χ3v) is 31.9. The SMILES string of the molecule is c1ccc2c(c1)Cc1c-2ccc2c1-c1ccc3c4ccncc4n4c5ncccc5nc4c3c1C2.c1ccc2c(c1)Cc1c-2ccc2c1Cc1c-2ccc2c3ccncc3n3c4ncccc4nc3c12.c1ccc2c(c1)Cc1cc3c(cc1-2)-c1ccc2c4ccncc4n4c5ncccc5nc4c2c1C3.c1ccc2c(c1)Cc1cc3c(cc1-2)Cc1c-3ccc2c3ccncc3n3c4ncccc4nc3c12. The lowest BCUT2D eigenvalue weighted by Gasteiger charge is -2.13. The van der Waals surface area contributed by atoms with Crippen molar-refractivity contribution >= 4 is 154 Å². The maximum absolute atomic E-state index is 5.11. The molecular weight excluding hydrogens is 1710 g/mol. The van der Waals surface area contributed by atoms with E-state index >= 15 is 0 Å². The molecule has 140 heavy (non-hydrogen) atoms. The fraction of sp³-hybridized carbons (Fsp3) is 0.0645. The van der Waals surface area contributed by atoms with Gasteiger partial charge in [0.15, 0.2) is 22.6 Å². The zero-order valence-electron chi connectivity index (χ0n) is 75.1. The van der Waals surface area contributed by atoms with Gasteiger partial charge in [0, 0.05) is 92.7 Å². The topological polar surface area (TPSA) is 172 Å². The van der Waals surface area contributed by atoms with Crippen LogP contribution in [0.1, 0.15) is 89.0 Å². The van der Waals surface area contributed by atoms with Gasteiger partial charge in [0.2, 0.25) is 0 Å². The van der Waals surface area contributed by atoms with E-state index in [9.17, 15) is 0 Å². The van der Waals surface area contributed by atoms with Crippen LogP contribution >= 0.6 is 0 Å². The first-order valence-electron chi connectivity index (χ1n) is 48.2.